The third-order valence-corrected chi connectivity index (χ3v) is 7.25. The second-order valence-corrected chi connectivity index (χ2v) is 8.95. The summed E-state index contributed by atoms with van der Waals surface area (Å²) >= 11 is 1.20. The van der Waals surface area contributed by atoms with Gasteiger partial charge in [-0.1, -0.05) is 6.07 Å². The van der Waals surface area contributed by atoms with Gasteiger partial charge in [-0.05, 0) is 48.9 Å². The molecule has 128 valence electrons. The van der Waals surface area contributed by atoms with Crippen molar-refractivity contribution in [2.24, 2.45) is 5.92 Å². The van der Waals surface area contributed by atoms with Crippen LogP contribution in [0.2, 0.25) is 0 Å². The number of rotatable bonds is 4. The number of aryl methyl sites for hydroxylation is 1. The second kappa shape index (κ2) is 7.00. The van der Waals surface area contributed by atoms with E-state index in [1.165, 1.54) is 15.6 Å². The van der Waals surface area contributed by atoms with Crippen molar-refractivity contribution in [2.75, 3.05) is 18.4 Å². The van der Waals surface area contributed by atoms with Crippen molar-refractivity contribution in [3.8, 4) is 0 Å². The van der Waals surface area contributed by atoms with Crippen LogP contribution in [0, 0.1) is 12.8 Å². The van der Waals surface area contributed by atoms with E-state index in [2.05, 4.69) is 10.3 Å². The van der Waals surface area contributed by atoms with E-state index in [0.29, 0.717) is 29.4 Å². The smallest absolute Gasteiger partial charge is 0.252 e. The average molecular weight is 365 g/mol. The van der Waals surface area contributed by atoms with Crippen LogP contribution in [0.5, 0.6) is 0 Å². The second-order valence-electron chi connectivity index (χ2n) is 5.84. The molecule has 0 unspecified atom stereocenters. The van der Waals surface area contributed by atoms with Gasteiger partial charge in [-0.25, -0.2) is 13.4 Å². The molecule has 6 nitrogen and oxygen atoms in total. The van der Waals surface area contributed by atoms with Gasteiger partial charge in [0.25, 0.3) is 10.0 Å². The quantitative estimate of drug-likeness (QED) is 0.903. The molecule has 0 bridgehead atoms. The first-order valence-corrected chi connectivity index (χ1v) is 10.1. The number of carbonyl (C=O) groups is 1. The van der Waals surface area contributed by atoms with Crippen LogP contribution in [0.1, 0.15) is 18.4 Å². The highest BCUT2D eigenvalue weighted by atomic mass is 32.2. The number of hydrogen-bond acceptors (Lipinski definition) is 5. The Balaban J connectivity index is 1.70. The lowest BCUT2D eigenvalue weighted by Gasteiger charge is -2.30. The molecule has 1 fully saturated rings. The van der Waals surface area contributed by atoms with Crippen molar-refractivity contribution in [3.05, 3.63) is 41.4 Å². The molecule has 2 aromatic heterocycles. The molecule has 2 aromatic rings. The topological polar surface area (TPSA) is 79.4 Å². The molecule has 0 spiro atoms. The summed E-state index contributed by atoms with van der Waals surface area (Å²) in [6, 6.07) is 6.96. The van der Waals surface area contributed by atoms with Crippen molar-refractivity contribution in [1.82, 2.24) is 9.29 Å². The van der Waals surface area contributed by atoms with E-state index >= 15 is 0 Å². The molecule has 0 aliphatic carbocycles. The molecule has 3 rings (SSSR count). The van der Waals surface area contributed by atoms with Crippen molar-refractivity contribution in [3.63, 3.8) is 0 Å². The molecule has 1 amide bonds. The Hall–Kier alpha value is -1.77. The van der Waals surface area contributed by atoms with Crippen LogP contribution in [-0.2, 0) is 14.8 Å². The van der Waals surface area contributed by atoms with E-state index in [1.807, 2.05) is 13.0 Å². The number of nitrogens with one attached hydrogen (secondary N) is 1. The summed E-state index contributed by atoms with van der Waals surface area (Å²) in [5.74, 6) is -0.0479. The lowest BCUT2D eigenvalue weighted by molar-refractivity contribution is -0.120. The van der Waals surface area contributed by atoms with Gasteiger partial charge in [-0.2, -0.15) is 4.31 Å². The van der Waals surface area contributed by atoms with Crippen molar-refractivity contribution < 1.29 is 13.2 Å². The Morgan fingerprint density at radius 2 is 2.25 bits per heavy atom. The predicted molar refractivity (Wildman–Crippen MR) is 93.4 cm³/mol. The van der Waals surface area contributed by atoms with Crippen LogP contribution in [0.4, 0.5) is 5.82 Å². The van der Waals surface area contributed by atoms with E-state index in [4.69, 9.17) is 0 Å². The first-order valence-electron chi connectivity index (χ1n) is 7.74. The van der Waals surface area contributed by atoms with Gasteiger partial charge >= 0.3 is 0 Å². The predicted octanol–water partition coefficient (Wildman–Crippen LogP) is 2.49. The molecule has 1 aliphatic rings. The van der Waals surface area contributed by atoms with E-state index in [0.717, 1.165) is 5.56 Å². The van der Waals surface area contributed by atoms with Gasteiger partial charge in [0.2, 0.25) is 5.91 Å². The monoisotopic (exact) mass is 365 g/mol. The minimum Gasteiger partial charge on any atom is -0.310 e. The standard InChI is InChI=1S/C16H19N3O3S2/c1-12-6-7-17-14(10-12)18-16(20)13-4-2-8-19(11-13)24(21,22)15-5-3-9-23-15/h3,5-7,9-10,13H,2,4,8,11H2,1H3,(H,17,18,20)/t13-/m1/s1. The van der Waals surface area contributed by atoms with E-state index in [-0.39, 0.29) is 18.4 Å². The zero-order chi connectivity index (χ0) is 17.2. The van der Waals surface area contributed by atoms with Gasteiger partial charge in [-0.3, -0.25) is 4.79 Å². The number of carbonyl (C=O) groups excluding carboxylic acids is 1. The molecule has 1 aliphatic heterocycles. The number of pyridine rings is 1. The number of hydrogen-bond donors (Lipinski definition) is 1. The normalized spacial score (nSPS) is 19.1. The van der Waals surface area contributed by atoms with Crippen LogP contribution >= 0.6 is 11.3 Å². The highest BCUT2D eigenvalue weighted by molar-refractivity contribution is 7.91. The summed E-state index contributed by atoms with van der Waals surface area (Å²) in [6.45, 7) is 2.58. The SMILES string of the molecule is Cc1ccnc(NC(=O)[C@@H]2CCCN(S(=O)(=O)c3cccs3)C2)c1. The number of sulfonamides is 1. The summed E-state index contributed by atoms with van der Waals surface area (Å²) in [5, 5.41) is 4.53. The van der Waals surface area contributed by atoms with Gasteiger partial charge in [0, 0.05) is 19.3 Å². The molecule has 8 heteroatoms. The zero-order valence-electron chi connectivity index (χ0n) is 13.3. The van der Waals surface area contributed by atoms with Crippen LogP contribution in [0.15, 0.2) is 40.1 Å². The Bertz CT molecular complexity index is 819. The van der Waals surface area contributed by atoms with Gasteiger partial charge in [-0.15, -0.1) is 11.3 Å². The Morgan fingerprint density at radius 1 is 1.42 bits per heavy atom. The molecule has 0 radical (unpaired) electrons. The maximum absolute atomic E-state index is 12.6. The van der Waals surface area contributed by atoms with Gasteiger partial charge in [0.05, 0.1) is 5.92 Å². The fraction of sp³-hybridized carbons (Fsp3) is 0.375. The molecule has 1 saturated heterocycles. The molecule has 24 heavy (non-hydrogen) atoms. The summed E-state index contributed by atoms with van der Waals surface area (Å²) < 4.78 is 27.0. The zero-order valence-corrected chi connectivity index (χ0v) is 14.9. The number of thiophene rings is 1. The maximum Gasteiger partial charge on any atom is 0.252 e. The third kappa shape index (κ3) is 3.66. The maximum atomic E-state index is 12.6. The highest BCUT2D eigenvalue weighted by Gasteiger charge is 2.33. The molecule has 1 atom stereocenters. The van der Waals surface area contributed by atoms with Crippen LogP contribution in [0.3, 0.4) is 0 Å². The summed E-state index contributed by atoms with van der Waals surface area (Å²) in [6.07, 6.45) is 2.98. The minimum absolute atomic E-state index is 0.181. The summed E-state index contributed by atoms with van der Waals surface area (Å²) in [7, 11) is -3.51. The van der Waals surface area contributed by atoms with E-state index in [1.54, 1.807) is 29.8 Å². The molecule has 0 aromatic carbocycles. The van der Waals surface area contributed by atoms with Crippen LogP contribution in [0.25, 0.3) is 0 Å². The first kappa shape index (κ1) is 17.1. The molecular weight excluding hydrogens is 346 g/mol. The van der Waals surface area contributed by atoms with Crippen molar-refractivity contribution in [2.45, 2.75) is 24.0 Å². The van der Waals surface area contributed by atoms with Gasteiger partial charge in [0.15, 0.2) is 0 Å². The number of nitrogens with zero attached hydrogens (tertiary/aromatic N) is 2. The summed E-state index contributed by atoms with van der Waals surface area (Å²) in [5.41, 5.74) is 1.01. The third-order valence-electron chi connectivity index (χ3n) is 4.01. The first-order chi connectivity index (χ1) is 11.5. The molecule has 1 N–H and O–H groups in total. The van der Waals surface area contributed by atoms with Crippen molar-refractivity contribution >= 4 is 33.1 Å². The van der Waals surface area contributed by atoms with E-state index in [9.17, 15) is 13.2 Å². The fourth-order valence-corrected chi connectivity index (χ4v) is 5.41. The molecule has 0 saturated carbocycles. The van der Waals surface area contributed by atoms with Gasteiger partial charge < -0.3 is 5.32 Å². The van der Waals surface area contributed by atoms with Crippen molar-refractivity contribution in [1.29, 1.82) is 0 Å². The summed E-state index contributed by atoms with van der Waals surface area (Å²) in [4.78, 5) is 16.6. The minimum atomic E-state index is -3.51. The Morgan fingerprint density at radius 3 is 2.96 bits per heavy atom. The molecule has 3 heterocycles. The number of amides is 1. The average Bonchev–Trinajstić information content (AvgIpc) is 3.10. The lowest BCUT2D eigenvalue weighted by Crippen LogP contribution is -2.43. The van der Waals surface area contributed by atoms with Crippen LogP contribution in [-0.4, -0.2) is 36.7 Å². The largest absolute Gasteiger partial charge is 0.310 e. The Kier molecular flexibility index (Phi) is 4.98. The number of piperidine rings is 1. The van der Waals surface area contributed by atoms with Crippen LogP contribution < -0.4 is 5.32 Å². The van der Waals surface area contributed by atoms with Gasteiger partial charge in [0.1, 0.15) is 10.0 Å². The fourth-order valence-electron chi connectivity index (χ4n) is 2.75. The number of aromatic nitrogens is 1. The molecular formula is C16H19N3O3S2. The van der Waals surface area contributed by atoms with E-state index < -0.39 is 10.0 Å². The lowest BCUT2D eigenvalue weighted by atomic mass is 9.99. The number of anilines is 1. The highest BCUT2D eigenvalue weighted by Crippen LogP contribution is 2.26. The Labute approximate surface area is 145 Å².